The Labute approximate surface area is 151 Å². The van der Waals surface area contributed by atoms with Gasteiger partial charge in [0.2, 0.25) is 0 Å². The average molecular weight is 336 g/mol. The van der Waals surface area contributed by atoms with Crippen molar-refractivity contribution in [3.8, 4) is 11.8 Å². The molecule has 2 rings (SSSR count). The van der Waals surface area contributed by atoms with Crippen molar-refractivity contribution in [3.63, 3.8) is 0 Å². The molecule has 0 saturated carbocycles. The van der Waals surface area contributed by atoms with Gasteiger partial charge in [-0.1, -0.05) is 30.4 Å². The average Bonchev–Trinajstić information content (AvgIpc) is 2.66. The summed E-state index contributed by atoms with van der Waals surface area (Å²) >= 11 is 0. The largest absolute Gasteiger partial charge is 0.497 e. The summed E-state index contributed by atoms with van der Waals surface area (Å²) < 4.78 is 5.27. The molecule has 3 nitrogen and oxygen atoms in total. The Bertz CT molecular complexity index is 664. The molecule has 1 aromatic rings. The Morgan fingerprint density at radius 1 is 1.40 bits per heavy atom. The Balaban J connectivity index is 2.03. The van der Waals surface area contributed by atoms with Gasteiger partial charge in [0, 0.05) is 0 Å². The molecule has 0 radical (unpaired) electrons. The van der Waals surface area contributed by atoms with E-state index in [9.17, 15) is 0 Å². The minimum atomic E-state index is 0.583. The molecule has 1 aromatic carbocycles. The fourth-order valence-electron chi connectivity index (χ4n) is 3.51. The maximum atomic E-state index is 9.13. The molecule has 1 aliphatic heterocycles. The highest BCUT2D eigenvalue weighted by Gasteiger charge is 2.26. The lowest BCUT2D eigenvalue weighted by Crippen LogP contribution is -2.35. The number of methoxy groups -OCH3 is 1. The van der Waals surface area contributed by atoms with Gasteiger partial charge in [-0.3, -0.25) is 0 Å². The molecule has 1 heterocycles. The smallest absolute Gasteiger partial charge is 0.118 e. The van der Waals surface area contributed by atoms with E-state index in [1.165, 1.54) is 17.6 Å². The SMILES string of the molecule is C=C/C=C(C#N)\C=C(/C)CC[C@@H]1CNCC[C@H]1c1ccc(OC)cc1. The van der Waals surface area contributed by atoms with E-state index in [0.717, 1.165) is 31.7 Å². The number of nitrogens with one attached hydrogen (secondary N) is 1. The van der Waals surface area contributed by atoms with Crippen molar-refractivity contribution < 1.29 is 4.74 Å². The van der Waals surface area contributed by atoms with E-state index in [1.54, 1.807) is 19.3 Å². The lowest BCUT2D eigenvalue weighted by Gasteiger charge is -2.33. The number of allylic oxidation sites excluding steroid dienone is 5. The van der Waals surface area contributed by atoms with Crippen molar-refractivity contribution in [1.29, 1.82) is 5.26 Å². The van der Waals surface area contributed by atoms with E-state index in [0.29, 0.717) is 17.4 Å². The Hall–Kier alpha value is -2.31. The number of ether oxygens (including phenoxy) is 1. The van der Waals surface area contributed by atoms with Crippen molar-refractivity contribution in [1.82, 2.24) is 5.32 Å². The lowest BCUT2D eigenvalue weighted by atomic mass is 9.78. The summed E-state index contributed by atoms with van der Waals surface area (Å²) in [4.78, 5) is 0. The van der Waals surface area contributed by atoms with Crippen LogP contribution in [0.1, 0.15) is 37.7 Å². The zero-order chi connectivity index (χ0) is 18.1. The van der Waals surface area contributed by atoms with Gasteiger partial charge in [0.05, 0.1) is 18.8 Å². The normalized spacial score (nSPS) is 21.5. The van der Waals surface area contributed by atoms with Gasteiger partial charge >= 0.3 is 0 Å². The first kappa shape index (κ1) is 19.0. The highest BCUT2D eigenvalue weighted by atomic mass is 16.5. The van der Waals surface area contributed by atoms with Gasteiger partial charge in [-0.2, -0.15) is 5.26 Å². The van der Waals surface area contributed by atoms with Crippen molar-refractivity contribution in [2.75, 3.05) is 20.2 Å². The third-order valence-electron chi connectivity index (χ3n) is 4.89. The third kappa shape index (κ3) is 5.62. The second-order valence-corrected chi connectivity index (χ2v) is 6.63. The van der Waals surface area contributed by atoms with E-state index < -0.39 is 0 Å². The van der Waals surface area contributed by atoms with Crippen LogP contribution in [0.25, 0.3) is 0 Å². The number of hydrogen-bond acceptors (Lipinski definition) is 3. The van der Waals surface area contributed by atoms with Crippen molar-refractivity contribution in [3.05, 3.63) is 65.8 Å². The number of piperidine rings is 1. The number of nitriles is 1. The molecule has 2 atom stereocenters. The van der Waals surface area contributed by atoms with Gasteiger partial charge in [0.15, 0.2) is 0 Å². The van der Waals surface area contributed by atoms with Crippen LogP contribution in [0.15, 0.2) is 60.2 Å². The summed E-state index contributed by atoms with van der Waals surface area (Å²) in [6.07, 6.45) is 8.69. The molecule has 1 saturated heterocycles. The molecule has 0 aromatic heterocycles. The van der Waals surface area contributed by atoms with Crippen molar-refractivity contribution in [2.45, 2.75) is 32.1 Å². The molecule has 0 spiro atoms. The monoisotopic (exact) mass is 336 g/mol. The molecule has 25 heavy (non-hydrogen) atoms. The van der Waals surface area contributed by atoms with Crippen LogP contribution in [0.4, 0.5) is 0 Å². The maximum absolute atomic E-state index is 9.13. The summed E-state index contributed by atoms with van der Waals surface area (Å²) in [5, 5.41) is 12.7. The van der Waals surface area contributed by atoms with Crippen molar-refractivity contribution in [2.24, 2.45) is 5.92 Å². The van der Waals surface area contributed by atoms with Crippen LogP contribution in [0.5, 0.6) is 5.75 Å². The topological polar surface area (TPSA) is 45.0 Å². The first-order valence-corrected chi connectivity index (χ1v) is 8.92. The van der Waals surface area contributed by atoms with Gasteiger partial charge < -0.3 is 10.1 Å². The number of rotatable bonds is 7. The zero-order valence-electron chi connectivity index (χ0n) is 15.3. The van der Waals surface area contributed by atoms with Crippen LogP contribution in [0.3, 0.4) is 0 Å². The van der Waals surface area contributed by atoms with Crippen LogP contribution in [0, 0.1) is 17.2 Å². The Kier molecular flexibility index (Phi) is 7.50. The number of nitrogens with zero attached hydrogens (tertiary/aromatic N) is 1. The molecule has 0 amide bonds. The lowest BCUT2D eigenvalue weighted by molar-refractivity contribution is 0.308. The minimum Gasteiger partial charge on any atom is -0.497 e. The summed E-state index contributed by atoms with van der Waals surface area (Å²) in [7, 11) is 1.70. The van der Waals surface area contributed by atoms with Crippen LogP contribution >= 0.6 is 0 Å². The second kappa shape index (κ2) is 9.86. The van der Waals surface area contributed by atoms with Gasteiger partial charge in [-0.25, -0.2) is 0 Å². The highest BCUT2D eigenvalue weighted by molar-refractivity contribution is 5.37. The molecule has 0 bridgehead atoms. The summed E-state index contributed by atoms with van der Waals surface area (Å²) in [6.45, 7) is 7.89. The Morgan fingerprint density at radius 2 is 2.16 bits per heavy atom. The fraction of sp³-hybridized carbons (Fsp3) is 0.409. The maximum Gasteiger partial charge on any atom is 0.118 e. The van der Waals surface area contributed by atoms with Crippen LogP contribution in [0.2, 0.25) is 0 Å². The second-order valence-electron chi connectivity index (χ2n) is 6.63. The van der Waals surface area contributed by atoms with E-state index in [2.05, 4.69) is 49.2 Å². The van der Waals surface area contributed by atoms with Crippen molar-refractivity contribution >= 4 is 0 Å². The predicted octanol–water partition coefficient (Wildman–Crippen LogP) is 4.75. The Morgan fingerprint density at radius 3 is 2.80 bits per heavy atom. The summed E-state index contributed by atoms with van der Waals surface area (Å²) in [6, 6.07) is 10.7. The quantitative estimate of drug-likeness (QED) is 0.577. The third-order valence-corrected chi connectivity index (χ3v) is 4.89. The molecule has 1 N–H and O–H groups in total. The van der Waals surface area contributed by atoms with E-state index in [-0.39, 0.29) is 0 Å². The highest BCUT2D eigenvalue weighted by Crippen LogP contribution is 2.34. The molecule has 132 valence electrons. The minimum absolute atomic E-state index is 0.583. The van der Waals surface area contributed by atoms with E-state index in [1.807, 2.05) is 6.08 Å². The van der Waals surface area contributed by atoms with Gasteiger partial charge in [0.25, 0.3) is 0 Å². The van der Waals surface area contributed by atoms with Crippen LogP contribution in [-0.2, 0) is 0 Å². The first-order chi connectivity index (χ1) is 12.2. The standard InChI is InChI=1S/C22H28N2O/c1-4-5-18(15-23)14-17(2)6-7-20-16-24-13-12-22(20)19-8-10-21(25-3)11-9-19/h4-5,8-11,14,20,22,24H,1,6-7,12-13,16H2,2-3H3/b17-14+,18-5+/t20-,22+/m1/s1. The molecular formula is C22H28N2O. The van der Waals surface area contributed by atoms with E-state index in [4.69, 9.17) is 10.00 Å². The van der Waals surface area contributed by atoms with Gasteiger partial charge in [0.1, 0.15) is 5.75 Å². The molecule has 3 heteroatoms. The first-order valence-electron chi connectivity index (χ1n) is 8.92. The summed E-state index contributed by atoms with van der Waals surface area (Å²) in [5.74, 6) is 2.10. The van der Waals surface area contributed by atoms with Crippen LogP contribution in [-0.4, -0.2) is 20.2 Å². The molecule has 1 aliphatic rings. The van der Waals surface area contributed by atoms with Gasteiger partial charge in [-0.15, -0.1) is 0 Å². The predicted molar refractivity (Wildman–Crippen MR) is 104 cm³/mol. The molecule has 0 unspecified atom stereocenters. The van der Waals surface area contributed by atoms with E-state index >= 15 is 0 Å². The molecule has 1 fully saturated rings. The number of hydrogen-bond donors (Lipinski definition) is 1. The number of benzene rings is 1. The zero-order valence-corrected chi connectivity index (χ0v) is 15.3. The fourth-order valence-corrected chi connectivity index (χ4v) is 3.51. The summed E-state index contributed by atoms with van der Waals surface area (Å²) in [5.41, 5.74) is 3.31. The van der Waals surface area contributed by atoms with Gasteiger partial charge in [-0.05, 0) is 81.0 Å². The van der Waals surface area contributed by atoms with Crippen LogP contribution < -0.4 is 10.1 Å². The molecular weight excluding hydrogens is 308 g/mol. The molecule has 0 aliphatic carbocycles.